The van der Waals surface area contributed by atoms with Crippen LogP contribution in [-0.4, -0.2) is 29.4 Å². The molecule has 6 heteroatoms. The summed E-state index contributed by atoms with van der Waals surface area (Å²) in [5.41, 5.74) is 3.83. The van der Waals surface area contributed by atoms with Crippen LogP contribution < -0.4 is 5.32 Å². The molecule has 37 heavy (non-hydrogen) atoms. The Morgan fingerprint density at radius 3 is 2.46 bits per heavy atom. The molecule has 1 aromatic heterocycles. The molecule has 2 atom stereocenters. The van der Waals surface area contributed by atoms with Crippen LogP contribution in [0.5, 0.6) is 0 Å². The van der Waals surface area contributed by atoms with Crippen LogP contribution in [0, 0.1) is 11.3 Å². The molecule has 6 nitrogen and oxygen atoms in total. The number of carbonyl (C=O) groups is 2. The third-order valence-electron chi connectivity index (χ3n) is 6.87. The van der Waals surface area contributed by atoms with Crippen molar-refractivity contribution < 1.29 is 19.1 Å². The molecule has 1 saturated heterocycles. The molecule has 4 aromatic rings. The van der Waals surface area contributed by atoms with Crippen molar-refractivity contribution in [2.24, 2.45) is 11.3 Å². The van der Waals surface area contributed by atoms with Crippen LogP contribution in [-0.2, 0) is 14.3 Å². The van der Waals surface area contributed by atoms with Crippen LogP contribution in [0.1, 0.15) is 49.9 Å². The van der Waals surface area contributed by atoms with E-state index < -0.39 is 18.0 Å². The van der Waals surface area contributed by atoms with Crippen molar-refractivity contribution in [1.29, 1.82) is 0 Å². The number of ether oxygens (including phenoxy) is 2. The van der Waals surface area contributed by atoms with Gasteiger partial charge in [-0.25, -0.2) is 0 Å². The first-order valence-electron chi connectivity index (χ1n) is 12.6. The fourth-order valence-corrected chi connectivity index (χ4v) is 5.23. The Labute approximate surface area is 217 Å². The predicted octanol–water partition coefficient (Wildman–Crippen LogP) is 6.75. The van der Waals surface area contributed by atoms with Gasteiger partial charge in [0.25, 0.3) is 11.7 Å². The molecule has 0 bridgehead atoms. The topological polar surface area (TPSA) is 80.4 Å². The van der Waals surface area contributed by atoms with Gasteiger partial charge in [0, 0.05) is 27.6 Å². The molecule has 2 heterocycles. The summed E-state index contributed by atoms with van der Waals surface area (Å²) in [7, 11) is 0. The van der Waals surface area contributed by atoms with Crippen LogP contribution in [0.2, 0.25) is 0 Å². The number of rotatable bonds is 6. The quantitative estimate of drug-likeness (QED) is 0.228. The molecular formula is C31H32N2O4. The number of nitrogens with one attached hydrogen (secondary N) is 2. The minimum Gasteiger partial charge on any atom is -0.354 e. The molecule has 1 aliphatic rings. The van der Waals surface area contributed by atoms with Gasteiger partial charge in [-0.2, -0.15) is 0 Å². The lowest BCUT2D eigenvalue weighted by molar-refractivity contribution is -0.274. The second-order valence-electron chi connectivity index (χ2n) is 10.6. The summed E-state index contributed by atoms with van der Waals surface area (Å²) in [6.45, 7) is 9.14. The Bertz CT molecular complexity index is 1440. The van der Waals surface area contributed by atoms with E-state index in [0.29, 0.717) is 34.9 Å². The van der Waals surface area contributed by atoms with E-state index in [2.05, 4.69) is 38.0 Å². The van der Waals surface area contributed by atoms with Crippen molar-refractivity contribution >= 4 is 28.3 Å². The highest BCUT2D eigenvalue weighted by Crippen LogP contribution is 2.40. The number of ketones is 1. The molecule has 1 fully saturated rings. The van der Waals surface area contributed by atoms with Gasteiger partial charge in [0.05, 0.1) is 24.0 Å². The van der Waals surface area contributed by atoms with Gasteiger partial charge in [0.2, 0.25) is 0 Å². The maximum Gasteiger partial charge on any atom is 0.296 e. The molecule has 190 valence electrons. The van der Waals surface area contributed by atoms with Gasteiger partial charge in [-0.05, 0) is 29.7 Å². The zero-order chi connectivity index (χ0) is 26.2. The van der Waals surface area contributed by atoms with Crippen molar-refractivity contribution in [2.45, 2.75) is 40.1 Å². The first-order valence-corrected chi connectivity index (χ1v) is 12.6. The zero-order valence-electron chi connectivity index (χ0n) is 21.6. The lowest BCUT2D eigenvalue weighted by Gasteiger charge is -2.44. The average Bonchev–Trinajstić information content (AvgIpc) is 3.28. The number of H-pyrrole nitrogens is 1. The molecule has 0 saturated carbocycles. The summed E-state index contributed by atoms with van der Waals surface area (Å²) in [5.74, 6) is -0.976. The van der Waals surface area contributed by atoms with Gasteiger partial charge in [0.15, 0.2) is 6.29 Å². The fourth-order valence-electron chi connectivity index (χ4n) is 5.23. The second-order valence-corrected chi connectivity index (χ2v) is 10.6. The van der Waals surface area contributed by atoms with Crippen molar-refractivity contribution in [3.05, 3.63) is 90.0 Å². The summed E-state index contributed by atoms with van der Waals surface area (Å²) in [4.78, 5) is 30.0. The maximum atomic E-state index is 13.5. The van der Waals surface area contributed by atoms with Crippen molar-refractivity contribution in [3.8, 4) is 11.3 Å². The lowest BCUT2D eigenvalue weighted by atomic mass is 9.80. The Balaban J connectivity index is 1.40. The maximum absolute atomic E-state index is 13.5. The zero-order valence-corrected chi connectivity index (χ0v) is 21.6. The Morgan fingerprint density at radius 1 is 0.973 bits per heavy atom. The van der Waals surface area contributed by atoms with Gasteiger partial charge in [-0.15, -0.1) is 0 Å². The van der Waals surface area contributed by atoms with Crippen LogP contribution in [0.25, 0.3) is 22.2 Å². The summed E-state index contributed by atoms with van der Waals surface area (Å²) in [6, 6.07) is 24.4. The number of aromatic nitrogens is 1. The molecule has 2 N–H and O–H groups in total. The van der Waals surface area contributed by atoms with Crippen LogP contribution in [0.15, 0.2) is 78.9 Å². The third kappa shape index (κ3) is 4.95. The molecule has 3 aromatic carbocycles. The number of fused-ring (bicyclic) bond motifs is 1. The smallest absolute Gasteiger partial charge is 0.296 e. The van der Waals surface area contributed by atoms with E-state index in [4.69, 9.17) is 9.47 Å². The molecule has 0 spiro atoms. The summed E-state index contributed by atoms with van der Waals surface area (Å²) < 4.78 is 12.4. The molecule has 0 radical (unpaired) electrons. The first-order chi connectivity index (χ1) is 17.7. The van der Waals surface area contributed by atoms with Gasteiger partial charge < -0.3 is 19.8 Å². The number of anilines is 1. The van der Waals surface area contributed by atoms with Crippen LogP contribution in [0.3, 0.4) is 0 Å². The Hall–Kier alpha value is -3.74. The minimum absolute atomic E-state index is 0.0318. The SMILES string of the molecule is CC(C)[C@@H]1O[C@@H](c2cccc(NC(=O)C(=O)c3c(-c4ccccc4)[nH]c4ccccc34)c2)OCC1(C)C. The normalized spacial score (nSPS) is 19.2. The molecule has 5 rings (SSSR count). The van der Waals surface area contributed by atoms with Gasteiger partial charge in [-0.3, -0.25) is 9.59 Å². The second kappa shape index (κ2) is 9.96. The summed E-state index contributed by atoms with van der Waals surface area (Å²) >= 11 is 0. The van der Waals surface area contributed by atoms with E-state index in [0.717, 1.165) is 16.6 Å². The van der Waals surface area contributed by atoms with E-state index >= 15 is 0 Å². The average molecular weight is 497 g/mol. The van der Waals surface area contributed by atoms with Crippen LogP contribution in [0.4, 0.5) is 5.69 Å². The largest absolute Gasteiger partial charge is 0.354 e. The van der Waals surface area contributed by atoms with E-state index in [-0.39, 0.29) is 11.5 Å². The molecule has 0 aliphatic carbocycles. The number of aromatic amines is 1. The Morgan fingerprint density at radius 2 is 1.70 bits per heavy atom. The van der Waals surface area contributed by atoms with Crippen molar-refractivity contribution in [3.63, 3.8) is 0 Å². The number of Topliss-reactive ketones (excluding diaryl/α,β-unsaturated/α-hetero) is 1. The van der Waals surface area contributed by atoms with E-state index in [1.165, 1.54) is 0 Å². The fraction of sp³-hybridized carbons (Fsp3) is 0.290. The van der Waals surface area contributed by atoms with Crippen LogP contribution >= 0.6 is 0 Å². The highest BCUT2D eigenvalue weighted by Gasteiger charge is 2.40. The van der Waals surface area contributed by atoms with E-state index in [1.807, 2.05) is 66.7 Å². The lowest BCUT2D eigenvalue weighted by Crippen LogP contribution is -2.45. The predicted molar refractivity (Wildman–Crippen MR) is 145 cm³/mol. The monoisotopic (exact) mass is 496 g/mol. The van der Waals surface area contributed by atoms with Gasteiger partial charge >= 0.3 is 0 Å². The van der Waals surface area contributed by atoms with E-state index in [1.54, 1.807) is 12.1 Å². The van der Waals surface area contributed by atoms with Gasteiger partial charge in [-0.1, -0.05) is 88.4 Å². The Kier molecular flexibility index (Phi) is 6.71. The number of hydrogen-bond donors (Lipinski definition) is 2. The standard InChI is InChI=1S/C31H32N2O4/c1-19(2)28-31(3,4)18-36-30(37-28)21-13-10-14-22(17-21)32-29(35)27(34)25-23-15-8-9-16-24(23)33-26(25)20-11-6-5-7-12-20/h5-17,19,28,30,33H,18H2,1-4H3,(H,32,35)/t28-,30-/m0/s1. The molecule has 0 unspecified atom stereocenters. The van der Waals surface area contributed by atoms with E-state index in [9.17, 15) is 9.59 Å². The number of carbonyl (C=O) groups excluding carboxylic acids is 2. The number of hydrogen-bond acceptors (Lipinski definition) is 4. The number of para-hydroxylation sites is 1. The first kappa shape index (κ1) is 24.9. The number of amides is 1. The number of benzene rings is 3. The van der Waals surface area contributed by atoms with Gasteiger partial charge in [0.1, 0.15) is 0 Å². The molecule has 1 amide bonds. The third-order valence-corrected chi connectivity index (χ3v) is 6.87. The molecule has 1 aliphatic heterocycles. The highest BCUT2D eigenvalue weighted by atomic mass is 16.7. The van der Waals surface area contributed by atoms with Crippen molar-refractivity contribution in [1.82, 2.24) is 4.98 Å². The van der Waals surface area contributed by atoms with Crippen molar-refractivity contribution in [2.75, 3.05) is 11.9 Å². The molecular weight excluding hydrogens is 464 g/mol. The summed E-state index contributed by atoms with van der Waals surface area (Å²) in [5, 5.41) is 3.50. The highest BCUT2D eigenvalue weighted by molar-refractivity contribution is 6.49. The summed E-state index contributed by atoms with van der Waals surface area (Å²) in [6.07, 6.45) is -0.504. The minimum atomic E-state index is -0.703.